The summed E-state index contributed by atoms with van der Waals surface area (Å²) in [6.45, 7) is 0.185. The van der Waals surface area contributed by atoms with Crippen LogP contribution in [0.2, 0.25) is 0 Å². The van der Waals surface area contributed by atoms with E-state index in [2.05, 4.69) is 28.8 Å². The maximum Gasteiger partial charge on any atom is 0.255 e. The highest BCUT2D eigenvalue weighted by Crippen LogP contribution is 2.40. The number of allylic oxidation sites excluding steroid dienone is 1. The van der Waals surface area contributed by atoms with Crippen molar-refractivity contribution in [3.05, 3.63) is 101 Å². The van der Waals surface area contributed by atoms with Crippen LogP contribution in [0.4, 0.5) is 5.69 Å². The van der Waals surface area contributed by atoms with Crippen LogP contribution in [0.3, 0.4) is 0 Å². The van der Waals surface area contributed by atoms with Crippen molar-refractivity contribution in [3.8, 4) is 0 Å². The molecule has 4 aromatic rings. The van der Waals surface area contributed by atoms with E-state index >= 15 is 0 Å². The minimum Gasteiger partial charge on any atom is -0.361 e. The van der Waals surface area contributed by atoms with Crippen LogP contribution in [-0.2, 0) is 25.7 Å². The molecule has 0 aromatic heterocycles. The molecule has 42 heavy (non-hydrogen) atoms. The number of imide groups is 1. The molecule has 0 bridgehead atoms. The fourth-order valence-corrected chi connectivity index (χ4v) is 6.62. The number of Topliss-reactive ketones (excluding diaryl/α,β-unsaturated/α-hetero) is 2. The van der Waals surface area contributed by atoms with Gasteiger partial charge in [-0.1, -0.05) is 54.6 Å². The molecule has 8 heteroatoms. The van der Waals surface area contributed by atoms with Crippen LogP contribution >= 0.6 is 0 Å². The molecule has 1 aliphatic carbocycles. The van der Waals surface area contributed by atoms with Gasteiger partial charge in [0.2, 0.25) is 11.8 Å². The summed E-state index contributed by atoms with van der Waals surface area (Å²) >= 11 is 0. The molecule has 0 radical (unpaired) electrons. The van der Waals surface area contributed by atoms with Crippen molar-refractivity contribution in [2.75, 3.05) is 5.32 Å². The van der Waals surface area contributed by atoms with Crippen molar-refractivity contribution in [3.63, 3.8) is 0 Å². The van der Waals surface area contributed by atoms with Gasteiger partial charge in [0, 0.05) is 48.8 Å². The second-order valence-electron chi connectivity index (χ2n) is 11.1. The molecule has 8 nitrogen and oxygen atoms in total. The predicted octanol–water partition coefficient (Wildman–Crippen LogP) is 4.77. The number of benzene rings is 4. The summed E-state index contributed by atoms with van der Waals surface area (Å²) in [5, 5.41) is 9.68. The van der Waals surface area contributed by atoms with Crippen LogP contribution in [0.15, 0.2) is 84.6 Å². The monoisotopic (exact) mass is 557 g/mol. The molecule has 1 unspecified atom stereocenters. The molecule has 0 spiro atoms. The molecule has 3 aliphatic rings. The molecule has 2 aliphatic heterocycles. The summed E-state index contributed by atoms with van der Waals surface area (Å²) < 4.78 is 0. The Morgan fingerprint density at radius 2 is 1.48 bits per heavy atom. The summed E-state index contributed by atoms with van der Waals surface area (Å²) in [5.41, 5.74) is 2.86. The maximum atomic E-state index is 13.4. The third kappa shape index (κ3) is 4.27. The molecular formula is C34H27N3O5. The van der Waals surface area contributed by atoms with Gasteiger partial charge in [-0.05, 0) is 57.6 Å². The summed E-state index contributed by atoms with van der Waals surface area (Å²) in [6.07, 6.45) is 2.33. The van der Waals surface area contributed by atoms with E-state index in [0.717, 1.165) is 27.1 Å². The Balaban J connectivity index is 1.15. The molecule has 4 aromatic carbocycles. The number of amides is 3. The van der Waals surface area contributed by atoms with E-state index < -0.39 is 11.9 Å². The largest absolute Gasteiger partial charge is 0.361 e. The lowest BCUT2D eigenvalue weighted by atomic mass is 9.77. The van der Waals surface area contributed by atoms with Crippen LogP contribution in [0.5, 0.6) is 0 Å². The Kier molecular flexibility index (Phi) is 6.19. The van der Waals surface area contributed by atoms with Crippen molar-refractivity contribution in [1.82, 2.24) is 10.2 Å². The van der Waals surface area contributed by atoms with E-state index in [0.29, 0.717) is 16.8 Å². The third-order valence-electron chi connectivity index (χ3n) is 8.64. The average Bonchev–Trinajstić information content (AvgIpc) is 3.32. The number of ketones is 2. The summed E-state index contributed by atoms with van der Waals surface area (Å²) in [5.74, 6) is -1.79. The van der Waals surface area contributed by atoms with Crippen LogP contribution < -0.4 is 10.6 Å². The SMILES string of the molecule is O=C1CCC(N2Cc3c(NC=C4C(=O)CC(c5c6ccccc6cc6ccccc56)CC4=O)cccc3C2=O)C(=O)N1. The zero-order valence-corrected chi connectivity index (χ0v) is 22.7. The molecule has 3 amide bonds. The Labute approximate surface area is 241 Å². The molecule has 2 fully saturated rings. The molecule has 1 atom stereocenters. The highest BCUT2D eigenvalue weighted by molar-refractivity contribution is 6.23. The number of nitrogens with zero attached hydrogens (tertiary/aromatic N) is 1. The lowest BCUT2D eigenvalue weighted by Gasteiger charge is -2.29. The molecule has 208 valence electrons. The van der Waals surface area contributed by atoms with E-state index in [9.17, 15) is 24.0 Å². The van der Waals surface area contributed by atoms with Crippen molar-refractivity contribution in [1.29, 1.82) is 0 Å². The summed E-state index contributed by atoms with van der Waals surface area (Å²) in [7, 11) is 0. The Hall–Kier alpha value is -5.11. The molecule has 2 heterocycles. The molecule has 1 saturated carbocycles. The Morgan fingerprint density at radius 1 is 0.810 bits per heavy atom. The van der Waals surface area contributed by atoms with Gasteiger partial charge in [0.05, 0.1) is 5.57 Å². The third-order valence-corrected chi connectivity index (χ3v) is 8.64. The second-order valence-corrected chi connectivity index (χ2v) is 11.1. The van der Waals surface area contributed by atoms with Crippen LogP contribution in [-0.4, -0.2) is 40.2 Å². The standard InChI is InChI=1S/C34H27N3O5/c38-29-15-21(32-22-8-3-1-6-19(22)14-20-7-2-4-9-23(20)32)16-30(39)25(29)17-35-27-11-5-10-24-26(27)18-37(34(24)42)28-12-13-31(40)36-33(28)41/h1-11,14,17,21,28,35H,12-13,15-16,18H2,(H,36,40,41). The highest BCUT2D eigenvalue weighted by atomic mass is 16.2. The molecule has 1 saturated heterocycles. The van der Waals surface area contributed by atoms with E-state index in [1.165, 1.54) is 11.1 Å². The van der Waals surface area contributed by atoms with Gasteiger partial charge in [-0.15, -0.1) is 0 Å². The smallest absolute Gasteiger partial charge is 0.255 e. The number of piperidine rings is 1. The van der Waals surface area contributed by atoms with E-state index in [1.807, 2.05) is 36.4 Å². The van der Waals surface area contributed by atoms with Gasteiger partial charge in [0.1, 0.15) is 6.04 Å². The average molecular weight is 558 g/mol. The van der Waals surface area contributed by atoms with Gasteiger partial charge >= 0.3 is 0 Å². The number of nitrogens with one attached hydrogen (secondary N) is 2. The van der Waals surface area contributed by atoms with E-state index in [-0.39, 0.29) is 67.1 Å². The van der Waals surface area contributed by atoms with Crippen molar-refractivity contribution < 1.29 is 24.0 Å². The quantitative estimate of drug-likeness (QED) is 0.162. The predicted molar refractivity (Wildman–Crippen MR) is 158 cm³/mol. The normalized spacial score (nSPS) is 20.7. The maximum absolute atomic E-state index is 13.4. The van der Waals surface area contributed by atoms with Crippen molar-refractivity contribution in [2.24, 2.45) is 0 Å². The van der Waals surface area contributed by atoms with Crippen LogP contribution in [0, 0.1) is 0 Å². The number of rotatable bonds is 4. The topological polar surface area (TPSA) is 113 Å². The Morgan fingerprint density at radius 3 is 2.14 bits per heavy atom. The Bertz CT molecular complexity index is 1820. The first-order valence-corrected chi connectivity index (χ1v) is 14.1. The first-order valence-electron chi connectivity index (χ1n) is 14.1. The molecule has 7 rings (SSSR count). The fourth-order valence-electron chi connectivity index (χ4n) is 6.62. The van der Waals surface area contributed by atoms with Crippen LogP contribution in [0.1, 0.15) is 53.1 Å². The van der Waals surface area contributed by atoms with E-state index in [4.69, 9.17) is 0 Å². The number of hydrogen-bond donors (Lipinski definition) is 2. The second kappa shape index (κ2) is 10.1. The van der Waals surface area contributed by atoms with Gasteiger partial charge in [0.25, 0.3) is 5.91 Å². The first kappa shape index (κ1) is 25.8. The van der Waals surface area contributed by atoms with Crippen LogP contribution in [0.25, 0.3) is 21.5 Å². The van der Waals surface area contributed by atoms with Crippen molar-refractivity contribution >= 4 is 56.5 Å². The van der Waals surface area contributed by atoms with Gasteiger partial charge in [0.15, 0.2) is 11.6 Å². The zero-order valence-electron chi connectivity index (χ0n) is 22.7. The fraction of sp³-hybridized carbons (Fsp3) is 0.206. The number of hydrogen-bond acceptors (Lipinski definition) is 6. The number of anilines is 1. The number of carbonyl (C=O) groups excluding carboxylic acids is 5. The lowest BCUT2D eigenvalue weighted by Crippen LogP contribution is -2.52. The van der Waals surface area contributed by atoms with Crippen molar-refractivity contribution in [2.45, 2.75) is 44.2 Å². The minimum absolute atomic E-state index is 0.111. The van der Waals surface area contributed by atoms with Gasteiger partial charge in [-0.25, -0.2) is 0 Å². The number of carbonyl (C=O) groups is 5. The van der Waals surface area contributed by atoms with Gasteiger partial charge in [-0.3, -0.25) is 29.3 Å². The number of fused-ring (bicyclic) bond motifs is 3. The lowest BCUT2D eigenvalue weighted by molar-refractivity contribution is -0.137. The first-order chi connectivity index (χ1) is 20.4. The highest BCUT2D eigenvalue weighted by Gasteiger charge is 2.40. The molecular weight excluding hydrogens is 530 g/mol. The van der Waals surface area contributed by atoms with Gasteiger partial charge in [-0.2, -0.15) is 0 Å². The van der Waals surface area contributed by atoms with Gasteiger partial charge < -0.3 is 10.2 Å². The zero-order chi connectivity index (χ0) is 29.0. The minimum atomic E-state index is -0.725. The summed E-state index contributed by atoms with van der Waals surface area (Å²) in [6, 6.07) is 22.7. The summed E-state index contributed by atoms with van der Waals surface area (Å²) in [4.78, 5) is 65.5. The molecule has 2 N–H and O–H groups in total. The van der Waals surface area contributed by atoms with E-state index in [1.54, 1.807) is 18.2 Å².